The van der Waals surface area contributed by atoms with E-state index in [1.807, 2.05) is 0 Å². The van der Waals surface area contributed by atoms with E-state index in [1.54, 1.807) is 18.3 Å². The van der Waals surface area contributed by atoms with Crippen LogP contribution >= 0.6 is 15.9 Å². The van der Waals surface area contributed by atoms with Crippen molar-refractivity contribution in [2.45, 2.75) is 6.42 Å². The molecule has 1 aromatic carbocycles. The summed E-state index contributed by atoms with van der Waals surface area (Å²) in [5, 5.41) is 0. The van der Waals surface area contributed by atoms with Crippen LogP contribution in [-0.4, -0.2) is 23.9 Å². The van der Waals surface area contributed by atoms with Crippen molar-refractivity contribution in [3.63, 3.8) is 0 Å². The molecule has 0 aliphatic heterocycles. The Hall–Kier alpha value is -2.35. The first-order chi connectivity index (χ1) is 10.5. The molecule has 0 atom stereocenters. The van der Waals surface area contributed by atoms with Crippen LogP contribution in [0.25, 0.3) is 0 Å². The number of methoxy groups -OCH3 is 1. The summed E-state index contributed by atoms with van der Waals surface area (Å²) in [6, 6.07) is 5.79. The van der Waals surface area contributed by atoms with Gasteiger partial charge in [0.05, 0.1) is 13.5 Å². The van der Waals surface area contributed by atoms with E-state index in [0.29, 0.717) is 11.3 Å². The summed E-state index contributed by atoms with van der Waals surface area (Å²) in [5.74, 6) is -1.40. The number of aromatic amines is 1. The second-order valence-corrected chi connectivity index (χ2v) is 5.30. The number of carbonyl (C=O) groups excluding carboxylic acids is 2. The van der Waals surface area contributed by atoms with E-state index in [9.17, 15) is 14.0 Å². The topological polar surface area (TPSA) is 83.2 Å². The Morgan fingerprint density at radius 3 is 2.68 bits per heavy atom. The van der Waals surface area contributed by atoms with Crippen LogP contribution in [0.2, 0.25) is 0 Å². The maximum absolute atomic E-state index is 13.5. The lowest BCUT2D eigenvalue weighted by atomic mass is 10.1. The molecule has 2 aromatic rings. The normalized spacial score (nSPS) is 10.1. The number of H-pyrrole nitrogens is 1. The van der Waals surface area contributed by atoms with E-state index >= 15 is 0 Å². The number of halogens is 2. The lowest BCUT2D eigenvalue weighted by molar-refractivity contribution is -0.121. The molecule has 0 saturated heterocycles. The zero-order valence-electron chi connectivity index (χ0n) is 11.6. The maximum atomic E-state index is 13.5. The highest BCUT2D eigenvalue weighted by atomic mass is 79.9. The minimum atomic E-state index is -0.548. The van der Waals surface area contributed by atoms with Gasteiger partial charge >= 0.3 is 0 Å². The zero-order valence-corrected chi connectivity index (χ0v) is 13.2. The molecule has 1 heterocycles. The molecule has 2 amide bonds. The maximum Gasteiger partial charge on any atom is 0.286 e. The summed E-state index contributed by atoms with van der Waals surface area (Å²) in [4.78, 5) is 26.1. The molecule has 2 rings (SSSR count). The number of nitrogens with one attached hydrogen (secondary N) is 3. The summed E-state index contributed by atoms with van der Waals surface area (Å²) in [7, 11) is 1.36. The van der Waals surface area contributed by atoms with Gasteiger partial charge in [0.2, 0.25) is 5.91 Å². The van der Waals surface area contributed by atoms with E-state index in [-0.39, 0.29) is 12.2 Å². The first-order valence-corrected chi connectivity index (χ1v) is 7.04. The third-order valence-corrected chi connectivity index (χ3v) is 3.25. The molecule has 0 aliphatic rings. The molecule has 8 heteroatoms. The number of carbonyl (C=O) groups is 2. The van der Waals surface area contributed by atoms with Crippen LogP contribution in [0.4, 0.5) is 4.39 Å². The fourth-order valence-corrected chi connectivity index (χ4v) is 2.09. The van der Waals surface area contributed by atoms with Crippen LogP contribution in [0.15, 0.2) is 34.9 Å². The first kappa shape index (κ1) is 16.0. The third kappa shape index (κ3) is 4.08. The number of hydrogen-bond acceptors (Lipinski definition) is 3. The predicted molar refractivity (Wildman–Crippen MR) is 80.8 cm³/mol. The van der Waals surface area contributed by atoms with Crippen molar-refractivity contribution >= 4 is 27.7 Å². The van der Waals surface area contributed by atoms with Crippen molar-refractivity contribution in [3.8, 4) is 5.75 Å². The number of amides is 2. The Morgan fingerprint density at radius 1 is 1.32 bits per heavy atom. The molecule has 6 nitrogen and oxygen atoms in total. The van der Waals surface area contributed by atoms with Gasteiger partial charge in [0.1, 0.15) is 5.69 Å². The summed E-state index contributed by atoms with van der Waals surface area (Å²) >= 11 is 3.20. The molecular formula is C14H13BrFN3O3. The highest BCUT2D eigenvalue weighted by Gasteiger charge is 2.11. The molecule has 0 bridgehead atoms. The number of ether oxygens (including phenoxy) is 1. The standard InChI is InChI=1S/C14H13BrFN3O3/c1-22-12-3-2-8(4-10(12)16)5-13(20)18-19-14(21)11-6-9(15)7-17-11/h2-4,6-7,17H,5H2,1H3,(H,18,20)(H,19,21). The monoisotopic (exact) mass is 369 g/mol. The van der Waals surface area contributed by atoms with E-state index in [4.69, 9.17) is 4.74 Å². The fraction of sp³-hybridized carbons (Fsp3) is 0.143. The van der Waals surface area contributed by atoms with Crippen LogP contribution in [0.3, 0.4) is 0 Å². The van der Waals surface area contributed by atoms with Crippen molar-refractivity contribution in [2.75, 3.05) is 7.11 Å². The second-order valence-electron chi connectivity index (χ2n) is 4.38. The molecule has 0 fully saturated rings. The SMILES string of the molecule is COc1ccc(CC(=O)NNC(=O)c2cc(Br)c[nH]2)cc1F. The number of hydrogen-bond donors (Lipinski definition) is 3. The molecule has 0 aliphatic carbocycles. The van der Waals surface area contributed by atoms with Crippen LogP contribution in [0.1, 0.15) is 16.1 Å². The van der Waals surface area contributed by atoms with Crippen LogP contribution in [-0.2, 0) is 11.2 Å². The lowest BCUT2D eigenvalue weighted by Crippen LogP contribution is -2.42. The zero-order chi connectivity index (χ0) is 16.1. The van der Waals surface area contributed by atoms with E-state index in [2.05, 4.69) is 31.8 Å². The van der Waals surface area contributed by atoms with Crippen LogP contribution < -0.4 is 15.6 Å². The summed E-state index contributed by atoms with van der Waals surface area (Å²) in [6.07, 6.45) is 1.52. The van der Waals surface area contributed by atoms with E-state index in [1.165, 1.54) is 19.2 Å². The summed E-state index contributed by atoms with van der Waals surface area (Å²) < 4.78 is 19.0. The van der Waals surface area contributed by atoms with Gasteiger partial charge in [0.25, 0.3) is 5.91 Å². The molecule has 1 aromatic heterocycles. The quantitative estimate of drug-likeness (QED) is 0.720. The molecule has 0 saturated carbocycles. The Labute approximate surface area is 134 Å². The Bertz CT molecular complexity index is 702. The van der Waals surface area contributed by atoms with Gasteiger partial charge in [-0.1, -0.05) is 6.07 Å². The van der Waals surface area contributed by atoms with Crippen molar-refractivity contribution in [1.29, 1.82) is 0 Å². The number of hydrazine groups is 1. The Kier molecular flexibility index (Phi) is 5.16. The molecule has 0 spiro atoms. The number of rotatable bonds is 4. The molecule has 116 valence electrons. The highest BCUT2D eigenvalue weighted by molar-refractivity contribution is 9.10. The fourth-order valence-electron chi connectivity index (χ4n) is 1.74. The molecule has 0 radical (unpaired) electrons. The van der Waals surface area contributed by atoms with Gasteiger partial charge in [-0.05, 0) is 39.7 Å². The van der Waals surface area contributed by atoms with Gasteiger partial charge in [-0.25, -0.2) is 4.39 Å². The van der Waals surface area contributed by atoms with Gasteiger partial charge in [-0.2, -0.15) is 0 Å². The molecule has 3 N–H and O–H groups in total. The lowest BCUT2D eigenvalue weighted by Gasteiger charge is -2.07. The largest absolute Gasteiger partial charge is 0.494 e. The van der Waals surface area contributed by atoms with Gasteiger partial charge < -0.3 is 9.72 Å². The predicted octanol–water partition coefficient (Wildman–Crippen LogP) is 1.93. The highest BCUT2D eigenvalue weighted by Crippen LogP contribution is 2.17. The molecular weight excluding hydrogens is 357 g/mol. The first-order valence-electron chi connectivity index (χ1n) is 6.25. The van der Waals surface area contributed by atoms with Gasteiger partial charge in [-0.3, -0.25) is 20.4 Å². The van der Waals surface area contributed by atoms with E-state index in [0.717, 1.165) is 4.47 Å². The van der Waals surface area contributed by atoms with Crippen molar-refractivity contribution < 1.29 is 18.7 Å². The Morgan fingerprint density at radius 2 is 2.09 bits per heavy atom. The minimum Gasteiger partial charge on any atom is -0.494 e. The summed E-state index contributed by atoms with van der Waals surface area (Å²) in [6.45, 7) is 0. The van der Waals surface area contributed by atoms with Crippen LogP contribution in [0, 0.1) is 5.82 Å². The van der Waals surface area contributed by atoms with Crippen LogP contribution in [0.5, 0.6) is 5.75 Å². The second kappa shape index (κ2) is 7.08. The van der Waals surface area contributed by atoms with Gasteiger partial charge in [0.15, 0.2) is 11.6 Å². The minimum absolute atomic E-state index is 0.0738. The van der Waals surface area contributed by atoms with Crippen molar-refractivity contribution in [2.24, 2.45) is 0 Å². The average molecular weight is 370 g/mol. The molecule has 0 unspecified atom stereocenters. The Balaban J connectivity index is 1.88. The van der Waals surface area contributed by atoms with Gasteiger partial charge in [0, 0.05) is 10.7 Å². The third-order valence-electron chi connectivity index (χ3n) is 2.79. The number of aromatic nitrogens is 1. The van der Waals surface area contributed by atoms with Gasteiger partial charge in [-0.15, -0.1) is 0 Å². The number of benzene rings is 1. The van der Waals surface area contributed by atoms with E-state index < -0.39 is 17.6 Å². The van der Waals surface area contributed by atoms with Crippen molar-refractivity contribution in [1.82, 2.24) is 15.8 Å². The average Bonchev–Trinajstić information content (AvgIpc) is 2.91. The molecule has 22 heavy (non-hydrogen) atoms. The smallest absolute Gasteiger partial charge is 0.286 e. The van der Waals surface area contributed by atoms with Crippen molar-refractivity contribution in [3.05, 3.63) is 52.0 Å². The summed E-state index contributed by atoms with van der Waals surface area (Å²) in [5.41, 5.74) is 5.28.